The second kappa shape index (κ2) is 4.04. The Kier molecular flexibility index (Phi) is 2.38. The van der Waals surface area contributed by atoms with Crippen molar-refractivity contribution in [3.05, 3.63) is 46.7 Å². The molecule has 4 nitrogen and oxygen atoms in total. The van der Waals surface area contributed by atoms with Crippen molar-refractivity contribution in [2.75, 3.05) is 0 Å². The first kappa shape index (κ1) is 10.6. The van der Waals surface area contributed by atoms with Gasteiger partial charge in [-0.05, 0) is 17.7 Å². The van der Waals surface area contributed by atoms with E-state index in [0.717, 1.165) is 16.8 Å². The fraction of sp³-hybridized carbons (Fsp3) is 0.143. The summed E-state index contributed by atoms with van der Waals surface area (Å²) in [5.74, 6) is -0.0487. The zero-order valence-electron chi connectivity index (χ0n) is 9.50. The van der Waals surface area contributed by atoms with Crippen LogP contribution in [0, 0.1) is 11.3 Å². The minimum atomic E-state index is -0.218. The largest absolute Gasteiger partial charge is 0.288 e. The van der Waals surface area contributed by atoms with Crippen molar-refractivity contribution >= 4 is 18.2 Å². The Bertz CT molecular complexity index is 645. The third kappa shape index (κ3) is 1.57. The zero-order valence-corrected chi connectivity index (χ0v) is 9.50. The number of ketones is 1. The van der Waals surface area contributed by atoms with Crippen LogP contribution in [0.1, 0.15) is 23.6 Å². The molecule has 0 N–H and O–H groups in total. The number of allylic oxidation sites excluding steroid dienone is 1. The van der Waals surface area contributed by atoms with E-state index in [1.807, 2.05) is 12.1 Å². The maximum absolute atomic E-state index is 11.6. The second-order valence-electron chi connectivity index (χ2n) is 4.16. The number of nitrogens with zero attached hydrogens (tertiary/aromatic N) is 3. The van der Waals surface area contributed by atoms with Crippen LogP contribution >= 0.6 is 0 Å². The van der Waals surface area contributed by atoms with Crippen LogP contribution in [0.4, 0.5) is 0 Å². The molecule has 18 heavy (non-hydrogen) atoms. The number of aliphatic imine (C=N–C) groups is 2. The van der Waals surface area contributed by atoms with Crippen molar-refractivity contribution in [2.24, 2.45) is 9.98 Å². The molecule has 0 amide bonds. The predicted molar refractivity (Wildman–Crippen MR) is 67.5 cm³/mol. The fourth-order valence-electron chi connectivity index (χ4n) is 2.15. The number of rotatable bonds is 1. The first-order chi connectivity index (χ1) is 8.79. The minimum Gasteiger partial charge on any atom is -0.288 e. The Labute approximate surface area is 104 Å². The van der Waals surface area contributed by atoms with Gasteiger partial charge in [-0.3, -0.25) is 14.8 Å². The number of carbonyl (C=O) groups excluding carboxylic acids is 1. The Balaban J connectivity index is 2.01. The molecular weight excluding hydrogens is 226 g/mol. The minimum absolute atomic E-state index is 0.0487. The molecule has 0 aliphatic carbocycles. The van der Waals surface area contributed by atoms with Crippen molar-refractivity contribution in [2.45, 2.75) is 12.5 Å². The average Bonchev–Trinajstić information content (AvgIpc) is 2.90. The molecule has 1 unspecified atom stereocenters. The SMILES string of the molecule is N#Cc1ccc(C2N=CC(=O)C3=C2N=CC3)cc1. The average molecular weight is 235 g/mol. The zero-order chi connectivity index (χ0) is 12.5. The van der Waals surface area contributed by atoms with Crippen LogP contribution in [0.3, 0.4) is 0 Å². The first-order valence-corrected chi connectivity index (χ1v) is 5.63. The van der Waals surface area contributed by atoms with Crippen LogP contribution in [-0.2, 0) is 4.79 Å². The summed E-state index contributed by atoms with van der Waals surface area (Å²) in [6.07, 6.45) is 3.71. The molecule has 0 saturated carbocycles. The Morgan fingerprint density at radius 1 is 1.28 bits per heavy atom. The second-order valence-corrected chi connectivity index (χ2v) is 4.16. The third-order valence-electron chi connectivity index (χ3n) is 3.09. The van der Waals surface area contributed by atoms with Gasteiger partial charge in [0.15, 0.2) is 0 Å². The van der Waals surface area contributed by atoms with E-state index in [4.69, 9.17) is 5.26 Å². The van der Waals surface area contributed by atoms with Crippen LogP contribution < -0.4 is 0 Å². The van der Waals surface area contributed by atoms with Crippen molar-refractivity contribution in [1.29, 1.82) is 5.26 Å². The summed E-state index contributed by atoms with van der Waals surface area (Å²) in [7, 11) is 0. The lowest BCUT2D eigenvalue weighted by Crippen LogP contribution is -2.14. The number of hydrogen-bond acceptors (Lipinski definition) is 4. The predicted octanol–water partition coefficient (Wildman–Crippen LogP) is 1.98. The van der Waals surface area contributed by atoms with Gasteiger partial charge in [0.25, 0.3) is 0 Å². The summed E-state index contributed by atoms with van der Waals surface area (Å²) in [4.78, 5) is 20.1. The third-order valence-corrected chi connectivity index (χ3v) is 3.09. The molecular formula is C14H9N3O. The van der Waals surface area contributed by atoms with Gasteiger partial charge in [0.05, 0.1) is 23.5 Å². The quantitative estimate of drug-likeness (QED) is 0.747. The molecule has 4 heteroatoms. The maximum atomic E-state index is 11.6. The van der Waals surface area contributed by atoms with Crippen LogP contribution in [0.5, 0.6) is 0 Å². The van der Waals surface area contributed by atoms with Crippen LogP contribution in [0.15, 0.2) is 45.5 Å². The molecule has 2 aliphatic heterocycles. The summed E-state index contributed by atoms with van der Waals surface area (Å²) in [5.41, 5.74) is 3.04. The van der Waals surface area contributed by atoms with Crippen LogP contribution in [0.2, 0.25) is 0 Å². The summed E-state index contributed by atoms with van der Waals surface area (Å²) in [5, 5.41) is 8.77. The normalized spacial score (nSPS) is 21.1. The molecule has 2 aliphatic rings. The van der Waals surface area contributed by atoms with E-state index in [1.165, 1.54) is 6.21 Å². The topological polar surface area (TPSA) is 65.6 Å². The van der Waals surface area contributed by atoms with Crippen LogP contribution in [-0.4, -0.2) is 18.2 Å². The van der Waals surface area contributed by atoms with E-state index in [0.29, 0.717) is 12.0 Å². The number of hydrogen-bond donors (Lipinski definition) is 0. The molecule has 0 fully saturated rings. The fourth-order valence-corrected chi connectivity index (χ4v) is 2.15. The van der Waals surface area contributed by atoms with E-state index in [9.17, 15) is 4.79 Å². The first-order valence-electron chi connectivity index (χ1n) is 5.63. The van der Waals surface area contributed by atoms with Gasteiger partial charge < -0.3 is 0 Å². The van der Waals surface area contributed by atoms with Gasteiger partial charge >= 0.3 is 0 Å². The standard InChI is InChI=1S/C14H9N3O/c15-7-9-1-3-10(4-2-9)13-14-11(5-6-16-14)12(18)8-17-13/h1-4,6,8,13H,5H2. The molecule has 3 rings (SSSR count). The van der Waals surface area contributed by atoms with E-state index in [2.05, 4.69) is 16.1 Å². The van der Waals surface area contributed by atoms with Gasteiger partial charge in [-0.2, -0.15) is 5.26 Å². The van der Waals surface area contributed by atoms with Gasteiger partial charge in [0, 0.05) is 18.2 Å². The highest BCUT2D eigenvalue weighted by molar-refractivity contribution is 6.37. The molecule has 1 aromatic rings. The van der Waals surface area contributed by atoms with Crippen molar-refractivity contribution in [3.63, 3.8) is 0 Å². The van der Waals surface area contributed by atoms with Crippen molar-refractivity contribution in [3.8, 4) is 6.07 Å². The highest BCUT2D eigenvalue weighted by Gasteiger charge is 2.28. The van der Waals surface area contributed by atoms with Crippen LogP contribution in [0.25, 0.3) is 0 Å². The van der Waals surface area contributed by atoms with Gasteiger partial charge in [0.1, 0.15) is 6.04 Å². The number of dihydropyridines is 1. The van der Waals surface area contributed by atoms with Gasteiger partial charge in [0.2, 0.25) is 5.78 Å². The molecule has 0 aromatic heterocycles. The molecule has 0 radical (unpaired) electrons. The monoisotopic (exact) mass is 235 g/mol. The maximum Gasteiger partial charge on any atom is 0.201 e. The number of benzene rings is 1. The smallest absolute Gasteiger partial charge is 0.201 e. The summed E-state index contributed by atoms with van der Waals surface area (Å²) >= 11 is 0. The van der Waals surface area contributed by atoms with E-state index >= 15 is 0 Å². The number of nitriles is 1. The molecule has 1 aromatic carbocycles. The molecule has 86 valence electrons. The lowest BCUT2D eigenvalue weighted by Gasteiger charge is -2.17. The Morgan fingerprint density at radius 3 is 2.78 bits per heavy atom. The summed E-state index contributed by atoms with van der Waals surface area (Å²) in [6.45, 7) is 0. The van der Waals surface area contributed by atoms with Gasteiger partial charge in [-0.1, -0.05) is 12.1 Å². The van der Waals surface area contributed by atoms with E-state index in [-0.39, 0.29) is 11.8 Å². The lowest BCUT2D eigenvalue weighted by atomic mass is 9.96. The number of carbonyl (C=O) groups is 1. The molecule has 0 spiro atoms. The summed E-state index contributed by atoms with van der Waals surface area (Å²) in [6, 6.07) is 9.07. The Morgan fingerprint density at radius 2 is 2.06 bits per heavy atom. The van der Waals surface area contributed by atoms with Crippen molar-refractivity contribution < 1.29 is 4.79 Å². The molecule has 2 heterocycles. The highest BCUT2D eigenvalue weighted by Crippen LogP contribution is 2.35. The summed E-state index contributed by atoms with van der Waals surface area (Å²) < 4.78 is 0. The molecule has 1 atom stereocenters. The number of Topliss-reactive ketones (excluding diaryl/α,β-unsaturated/α-hetero) is 1. The molecule has 0 bridgehead atoms. The van der Waals surface area contributed by atoms with E-state index in [1.54, 1.807) is 18.3 Å². The lowest BCUT2D eigenvalue weighted by molar-refractivity contribution is -0.109. The van der Waals surface area contributed by atoms with Gasteiger partial charge in [-0.15, -0.1) is 0 Å². The molecule has 0 saturated heterocycles. The van der Waals surface area contributed by atoms with Gasteiger partial charge in [-0.25, -0.2) is 0 Å². The van der Waals surface area contributed by atoms with Crippen molar-refractivity contribution in [1.82, 2.24) is 0 Å². The highest BCUT2D eigenvalue weighted by atomic mass is 16.1. The Hall–Kier alpha value is -2.54. The van der Waals surface area contributed by atoms with E-state index < -0.39 is 0 Å².